The number of hydrogen-bond acceptors (Lipinski definition) is 6. The van der Waals surface area contributed by atoms with Crippen LogP contribution in [0.5, 0.6) is 0 Å². The van der Waals surface area contributed by atoms with Crippen molar-refractivity contribution in [3.8, 4) is 0 Å². The third-order valence-corrected chi connectivity index (χ3v) is 5.94. The van der Waals surface area contributed by atoms with Gasteiger partial charge in [-0.15, -0.1) is 0 Å². The van der Waals surface area contributed by atoms with E-state index >= 15 is 0 Å². The van der Waals surface area contributed by atoms with Gasteiger partial charge in [0.15, 0.2) is 0 Å². The summed E-state index contributed by atoms with van der Waals surface area (Å²) in [5.41, 5.74) is 1.69. The Bertz CT molecular complexity index is 803. The molecule has 1 aromatic rings. The van der Waals surface area contributed by atoms with Gasteiger partial charge in [0.25, 0.3) is 5.91 Å². The van der Waals surface area contributed by atoms with Gasteiger partial charge in [0.2, 0.25) is 11.8 Å². The number of carbonyl (C=O) groups excluding carboxylic acids is 3. The van der Waals surface area contributed by atoms with Crippen molar-refractivity contribution in [3.63, 3.8) is 0 Å². The minimum Gasteiger partial charge on any atom is -0.388 e. The van der Waals surface area contributed by atoms with Gasteiger partial charge in [-0.3, -0.25) is 19.7 Å². The van der Waals surface area contributed by atoms with Crippen molar-refractivity contribution in [2.45, 2.75) is 50.4 Å². The van der Waals surface area contributed by atoms with Crippen LogP contribution in [0.15, 0.2) is 18.2 Å². The average molecular weight is 386 g/mol. The summed E-state index contributed by atoms with van der Waals surface area (Å²) in [7, 11) is 0. The number of imide groups is 1. The van der Waals surface area contributed by atoms with E-state index in [0.29, 0.717) is 44.5 Å². The van der Waals surface area contributed by atoms with Gasteiger partial charge in [0.1, 0.15) is 6.04 Å². The van der Waals surface area contributed by atoms with Crippen LogP contribution in [0.1, 0.15) is 47.2 Å². The molecular formula is C20H26N4O4. The second-order valence-electron chi connectivity index (χ2n) is 7.93. The van der Waals surface area contributed by atoms with Gasteiger partial charge in [-0.2, -0.15) is 0 Å². The highest BCUT2D eigenvalue weighted by atomic mass is 16.3. The molecule has 0 bridgehead atoms. The number of fused-ring (bicyclic) bond motifs is 1. The fourth-order valence-corrected chi connectivity index (χ4v) is 4.34. The van der Waals surface area contributed by atoms with Crippen LogP contribution in [0.3, 0.4) is 0 Å². The Hall–Kier alpha value is -2.29. The normalized spacial score (nSPS) is 24.2. The first kappa shape index (κ1) is 19.0. The fraction of sp³-hybridized carbons (Fsp3) is 0.550. The Balaban J connectivity index is 1.44. The molecule has 8 heteroatoms. The molecule has 3 heterocycles. The highest BCUT2D eigenvalue weighted by Gasteiger charge is 2.40. The van der Waals surface area contributed by atoms with Crippen molar-refractivity contribution < 1.29 is 19.5 Å². The largest absolute Gasteiger partial charge is 0.388 e. The topological polar surface area (TPSA) is 111 Å². The smallest absolute Gasteiger partial charge is 0.255 e. The maximum atomic E-state index is 13.0. The maximum absolute atomic E-state index is 13.0. The minimum atomic E-state index is -0.716. The van der Waals surface area contributed by atoms with Gasteiger partial charge in [-0.05, 0) is 43.5 Å². The highest BCUT2D eigenvalue weighted by Crippen LogP contribution is 2.30. The SMILES string of the molecule is O=C1CCC(N2Cc3cccc(CNCC4(O)CCNCC4)c3C2=O)C(=O)N1. The third kappa shape index (κ3) is 3.67. The molecule has 1 unspecified atom stereocenters. The predicted octanol–water partition coefficient (Wildman–Crippen LogP) is -0.348. The molecule has 0 aliphatic carbocycles. The molecule has 4 N–H and O–H groups in total. The van der Waals surface area contributed by atoms with Crippen molar-refractivity contribution in [1.29, 1.82) is 0 Å². The predicted molar refractivity (Wildman–Crippen MR) is 101 cm³/mol. The van der Waals surface area contributed by atoms with E-state index in [-0.39, 0.29) is 18.2 Å². The highest BCUT2D eigenvalue weighted by molar-refractivity contribution is 6.05. The zero-order valence-corrected chi connectivity index (χ0v) is 15.8. The molecule has 8 nitrogen and oxygen atoms in total. The first-order valence-corrected chi connectivity index (χ1v) is 9.86. The molecule has 3 aliphatic heterocycles. The molecule has 28 heavy (non-hydrogen) atoms. The minimum absolute atomic E-state index is 0.164. The molecule has 2 saturated heterocycles. The second kappa shape index (κ2) is 7.62. The summed E-state index contributed by atoms with van der Waals surface area (Å²) in [4.78, 5) is 38.2. The van der Waals surface area contributed by atoms with Crippen LogP contribution in [0.25, 0.3) is 0 Å². The van der Waals surface area contributed by atoms with Crippen molar-refractivity contribution in [3.05, 3.63) is 34.9 Å². The molecule has 2 fully saturated rings. The molecule has 1 atom stereocenters. The fourth-order valence-electron chi connectivity index (χ4n) is 4.34. The standard InChI is InChI=1S/C20H26N4O4/c25-16-5-4-15(18(26)23-16)24-11-14-3-1-2-13(17(14)19(24)27)10-22-12-20(28)6-8-21-9-7-20/h1-3,15,21-22,28H,4-12H2,(H,23,25,26). The van der Waals surface area contributed by atoms with Crippen LogP contribution in [0.4, 0.5) is 0 Å². The van der Waals surface area contributed by atoms with Gasteiger partial charge >= 0.3 is 0 Å². The number of piperidine rings is 2. The summed E-state index contributed by atoms with van der Waals surface area (Å²) < 4.78 is 0. The van der Waals surface area contributed by atoms with Crippen LogP contribution in [-0.4, -0.2) is 59.0 Å². The van der Waals surface area contributed by atoms with E-state index in [1.807, 2.05) is 18.2 Å². The van der Waals surface area contributed by atoms with E-state index in [2.05, 4.69) is 16.0 Å². The number of carbonyl (C=O) groups is 3. The molecule has 0 saturated carbocycles. The Morgan fingerprint density at radius 1 is 1.21 bits per heavy atom. The number of amides is 3. The number of aliphatic hydroxyl groups is 1. The number of hydrogen-bond donors (Lipinski definition) is 4. The molecule has 1 aromatic carbocycles. The van der Waals surface area contributed by atoms with Crippen LogP contribution >= 0.6 is 0 Å². The lowest BCUT2D eigenvalue weighted by molar-refractivity contribution is -0.136. The van der Waals surface area contributed by atoms with Gasteiger partial charge in [-0.25, -0.2) is 0 Å². The summed E-state index contributed by atoms with van der Waals surface area (Å²) in [6, 6.07) is 5.12. The second-order valence-corrected chi connectivity index (χ2v) is 7.93. The van der Waals surface area contributed by atoms with Gasteiger partial charge < -0.3 is 20.6 Å². The number of benzene rings is 1. The van der Waals surface area contributed by atoms with Gasteiger partial charge in [0, 0.05) is 31.6 Å². The van der Waals surface area contributed by atoms with E-state index in [4.69, 9.17) is 0 Å². The molecule has 150 valence electrons. The van der Waals surface area contributed by atoms with Crippen LogP contribution in [-0.2, 0) is 22.7 Å². The van der Waals surface area contributed by atoms with Crippen molar-refractivity contribution in [2.75, 3.05) is 19.6 Å². The Labute approximate surface area is 163 Å². The molecule has 3 amide bonds. The monoisotopic (exact) mass is 386 g/mol. The first-order chi connectivity index (χ1) is 13.5. The summed E-state index contributed by atoms with van der Waals surface area (Å²) in [5.74, 6) is -0.848. The number of nitrogens with one attached hydrogen (secondary N) is 3. The van der Waals surface area contributed by atoms with Crippen LogP contribution in [0, 0.1) is 0 Å². The summed E-state index contributed by atoms with van der Waals surface area (Å²) in [5, 5.41) is 19.5. The summed E-state index contributed by atoms with van der Waals surface area (Å²) in [6.07, 6.45) is 2.02. The van der Waals surface area contributed by atoms with Crippen molar-refractivity contribution in [1.82, 2.24) is 20.9 Å². The van der Waals surface area contributed by atoms with E-state index < -0.39 is 17.6 Å². The third-order valence-electron chi connectivity index (χ3n) is 5.94. The van der Waals surface area contributed by atoms with Crippen LogP contribution < -0.4 is 16.0 Å². The molecule has 0 spiro atoms. The Morgan fingerprint density at radius 3 is 2.75 bits per heavy atom. The molecule has 4 rings (SSSR count). The quantitative estimate of drug-likeness (QED) is 0.515. The van der Waals surface area contributed by atoms with E-state index in [1.54, 1.807) is 4.90 Å². The lowest BCUT2D eigenvalue weighted by Crippen LogP contribution is -2.52. The molecular weight excluding hydrogens is 360 g/mol. The van der Waals surface area contributed by atoms with Gasteiger partial charge in [-0.1, -0.05) is 18.2 Å². The van der Waals surface area contributed by atoms with E-state index in [1.165, 1.54) is 0 Å². The average Bonchev–Trinajstić information content (AvgIpc) is 3.00. The van der Waals surface area contributed by atoms with Gasteiger partial charge in [0.05, 0.1) is 5.60 Å². The molecule has 3 aliphatic rings. The van der Waals surface area contributed by atoms with Crippen molar-refractivity contribution in [2.24, 2.45) is 0 Å². The number of nitrogens with zero attached hydrogens (tertiary/aromatic N) is 1. The Morgan fingerprint density at radius 2 is 2.00 bits per heavy atom. The first-order valence-electron chi connectivity index (χ1n) is 9.86. The summed E-state index contributed by atoms with van der Waals surface area (Å²) >= 11 is 0. The maximum Gasteiger partial charge on any atom is 0.255 e. The lowest BCUT2D eigenvalue weighted by atomic mass is 9.92. The molecule has 0 radical (unpaired) electrons. The Kier molecular flexibility index (Phi) is 5.18. The van der Waals surface area contributed by atoms with Crippen LogP contribution in [0.2, 0.25) is 0 Å². The zero-order chi connectivity index (χ0) is 19.7. The summed E-state index contributed by atoms with van der Waals surface area (Å²) in [6.45, 7) is 2.94. The lowest BCUT2D eigenvalue weighted by Gasteiger charge is -2.32. The zero-order valence-electron chi connectivity index (χ0n) is 15.8. The number of rotatable bonds is 5. The molecule has 0 aromatic heterocycles. The van der Waals surface area contributed by atoms with E-state index in [9.17, 15) is 19.5 Å². The van der Waals surface area contributed by atoms with E-state index in [0.717, 1.165) is 24.2 Å². The van der Waals surface area contributed by atoms with Crippen molar-refractivity contribution >= 4 is 17.7 Å².